The van der Waals surface area contributed by atoms with Gasteiger partial charge >= 0.3 is 0 Å². The molecule has 0 saturated heterocycles. The Labute approximate surface area is 91.1 Å². The molecule has 0 amide bonds. The first-order valence-corrected chi connectivity index (χ1v) is 5.58. The fourth-order valence-electron chi connectivity index (χ4n) is 2.50. The SMILES string of the molecule is CC(C)C1CC1(N)Cc1cccc(O)c1. The Morgan fingerprint density at radius 3 is 2.80 bits per heavy atom. The van der Waals surface area contributed by atoms with E-state index in [2.05, 4.69) is 13.8 Å². The van der Waals surface area contributed by atoms with E-state index in [1.807, 2.05) is 18.2 Å². The number of rotatable bonds is 3. The highest BCUT2D eigenvalue weighted by Crippen LogP contribution is 2.48. The molecule has 0 aromatic heterocycles. The molecule has 2 nitrogen and oxygen atoms in total. The maximum absolute atomic E-state index is 9.36. The average Bonchev–Trinajstić information content (AvgIpc) is 2.77. The van der Waals surface area contributed by atoms with Gasteiger partial charge in [0.15, 0.2) is 0 Å². The second-order valence-corrected chi connectivity index (χ2v) is 5.13. The van der Waals surface area contributed by atoms with Gasteiger partial charge in [0.25, 0.3) is 0 Å². The molecule has 2 rings (SSSR count). The van der Waals surface area contributed by atoms with Crippen molar-refractivity contribution < 1.29 is 5.11 Å². The van der Waals surface area contributed by atoms with Crippen LogP contribution in [0.1, 0.15) is 25.8 Å². The Morgan fingerprint density at radius 2 is 2.27 bits per heavy atom. The van der Waals surface area contributed by atoms with Crippen LogP contribution in [0.15, 0.2) is 24.3 Å². The Kier molecular flexibility index (Phi) is 2.47. The molecule has 0 radical (unpaired) electrons. The molecule has 15 heavy (non-hydrogen) atoms. The third-order valence-corrected chi connectivity index (χ3v) is 3.43. The number of benzene rings is 1. The second-order valence-electron chi connectivity index (χ2n) is 5.13. The second kappa shape index (κ2) is 3.53. The Bertz CT molecular complexity index is 361. The van der Waals surface area contributed by atoms with Gasteiger partial charge in [-0.05, 0) is 42.4 Å². The minimum absolute atomic E-state index is 0.0258. The smallest absolute Gasteiger partial charge is 0.115 e. The lowest BCUT2D eigenvalue weighted by molar-refractivity contribution is 0.467. The summed E-state index contributed by atoms with van der Waals surface area (Å²) in [5.74, 6) is 1.63. The summed E-state index contributed by atoms with van der Waals surface area (Å²) in [5, 5.41) is 9.36. The molecule has 1 aliphatic rings. The van der Waals surface area contributed by atoms with E-state index in [1.165, 1.54) is 0 Å². The molecule has 1 saturated carbocycles. The molecule has 2 unspecified atom stereocenters. The van der Waals surface area contributed by atoms with Gasteiger partial charge in [0, 0.05) is 5.54 Å². The highest BCUT2D eigenvalue weighted by atomic mass is 16.3. The molecule has 0 bridgehead atoms. The molecule has 0 aliphatic heterocycles. The van der Waals surface area contributed by atoms with Crippen LogP contribution in [0.4, 0.5) is 0 Å². The standard InChI is InChI=1S/C13H19NO/c1-9(2)12-8-13(12,14)7-10-4-3-5-11(15)6-10/h3-6,9,12,15H,7-8,14H2,1-2H3. The summed E-state index contributed by atoms with van der Waals surface area (Å²) >= 11 is 0. The average molecular weight is 205 g/mol. The summed E-state index contributed by atoms with van der Waals surface area (Å²) < 4.78 is 0. The zero-order valence-electron chi connectivity index (χ0n) is 9.40. The molecular weight excluding hydrogens is 186 g/mol. The Hall–Kier alpha value is -1.02. The number of phenols is 1. The van der Waals surface area contributed by atoms with Crippen molar-refractivity contribution in [1.29, 1.82) is 0 Å². The van der Waals surface area contributed by atoms with Gasteiger partial charge in [-0.1, -0.05) is 26.0 Å². The quantitative estimate of drug-likeness (QED) is 0.795. The monoisotopic (exact) mass is 205 g/mol. The lowest BCUT2D eigenvalue weighted by atomic mass is 9.98. The van der Waals surface area contributed by atoms with Crippen LogP contribution in [0.3, 0.4) is 0 Å². The van der Waals surface area contributed by atoms with Crippen LogP contribution >= 0.6 is 0 Å². The van der Waals surface area contributed by atoms with E-state index >= 15 is 0 Å². The Balaban J connectivity index is 2.05. The van der Waals surface area contributed by atoms with Gasteiger partial charge in [0.2, 0.25) is 0 Å². The van der Waals surface area contributed by atoms with E-state index in [9.17, 15) is 5.11 Å². The van der Waals surface area contributed by atoms with E-state index in [-0.39, 0.29) is 5.54 Å². The van der Waals surface area contributed by atoms with Crippen LogP contribution in [0.5, 0.6) is 5.75 Å². The molecule has 0 spiro atoms. The van der Waals surface area contributed by atoms with Gasteiger partial charge < -0.3 is 10.8 Å². The Morgan fingerprint density at radius 1 is 1.53 bits per heavy atom. The first-order chi connectivity index (χ1) is 7.01. The van der Waals surface area contributed by atoms with Crippen molar-refractivity contribution in [3.05, 3.63) is 29.8 Å². The van der Waals surface area contributed by atoms with Gasteiger partial charge in [-0.3, -0.25) is 0 Å². The van der Waals surface area contributed by atoms with Crippen LogP contribution in [0, 0.1) is 11.8 Å². The number of hydrogen-bond acceptors (Lipinski definition) is 2. The first-order valence-electron chi connectivity index (χ1n) is 5.58. The number of nitrogens with two attached hydrogens (primary N) is 1. The summed E-state index contributed by atoms with van der Waals surface area (Å²) in [7, 11) is 0. The van der Waals surface area contributed by atoms with Crippen molar-refractivity contribution in [2.45, 2.75) is 32.2 Å². The van der Waals surface area contributed by atoms with E-state index < -0.39 is 0 Å². The van der Waals surface area contributed by atoms with Crippen molar-refractivity contribution >= 4 is 0 Å². The van der Waals surface area contributed by atoms with Gasteiger partial charge in [0.05, 0.1) is 0 Å². The fourth-order valence-corrected chi connectivity index (χ4v) is 2.50. The van der Waals surface area contributed by atoms with Crippen molar-refractivity contribution in [3.63, 3.8) is 0 Å². The molecule has 1 aromatic rings. The summed E-state index contributed by atoms with van der Waals surface area (Å²) in [5.41, 5.74) is 7.41. The summed E-state index contributed by atoms with van der Waals surface area (Å²) in [6, 6.07) is 7.41. The number of aromatic hydroxyl groups is 1. The first kappa shape index (κ1) is 10.5. The minimum atomic E-state index is -0.0258. The van der Waals surface area contributed by atoms with Crippen LogP contribution in [-0.4, -0.2) is 10.6 Å². The summed E-state index contributed by atoms with van der Waals surface area (Å²) in [4.78, 5) is 0. The predicted molar refractivity (Wildman–Crippen MR) is 61.7 cm³/mol. The van der Waals surface area contributed by atoms with Crippen LogP contribution < -0.4 is 5.73 Å². The minimum Gasteiger partial charge on any atom is -0.508 e. The van der Waals surface area contributed by atoms with Crippen molar-refractivity contribution in [2.75, 3.05) is 0 Å². The van der Waals surface area contributed by atoms with E-state index in [0.717, 1.165) is 18.4 Å². The zero-order chi connectivity index (χ0) is 11.1. The zero-order valence-corrected chi connectivity index (χ0v) is 9.40. The number of hydrogen-bond donors (Lipinski definition) is 2. The van der Waals surface area contributed by atoms with Crippen LogP contribution in [-0.2, 0) is 6.42 Å². The topological polar surface area (TPSA) is 46.2 Å². The fraction of sp³-hybridized carbons (Fsp3) is 0.538. The van der Waals surface area contributed by atoms with Gasteiger partial charge in [-0.25, -0.2) is 0 Å². The lowest BCUT2D eigenvalue weighted by Gasteiger charge is -2.13. The maximum Gasteiger partial charge on any atom is 0.115 e. The van der Waals surface area contributed by atoms with E-state index in [1.54, 1.807) is 6.07 Å². The molecular formula is C13H19NO. The summed E-state index contributed by atoms with van der Waals surface area (Å²) in [6.45, 7) is 4.45. The van der Waals surface area contributed by atoms with Crippen LogP contribution in [0.2, 0.25) is 0 Å². The predicted octanol–water partition coefficient (Wildman–Crippen LogP) is 2.31. The lowest BCUT2D eigenvalue weighted by Crippen LogP contribution is -2.29. The number of phenolic OH excluding ortho intramolecular Hbond substituents is 1. The highest BCUT2D eigenvalue weighted by molar-refractivity contribution is 5.30. The third kappa shape index (κ3) is 2.15. The molecule has 3 N–H and O–H groups in total. The van der Waals surface area contributed by atoms with Crippen molar-refractivity contribution in [1.82, 2.24) is 0 Å². The van der Waals surface area contributed by atoms with Crippen LogP contribution in [0.25, 0.3) is 0 Å². The normalized spacial score (nSPS) is 29.5. The van der Waals surface area contributed by atoms with E-state index in [0.29, 0.717) is 17.6 Å². The van der Waals surface area contributed by atoms with Gasteiger partial charge in [-0.2, -0.15) is 0 Å². The molecule has 82 valence electrons. The molecule has 2 heteroatoms. The molecule has 0 heterocycles. The van der Waals surface area contributed by atoms with Gasteiger partial charge in [-0.15, -0.1) is 0 Å². The molecule has 2 atom stereocenters. The van der Waals surface area contributed by atoms with Crippen molar-refractivity contribution in [3.8, 4) is 5.75 Å². The molecule has 1 fully saturated rings. The largest absolute Gasteiger partial charge is 0.508 e. The van der Waals surface area contributed by atoms with Gasteiger partial charge in [0.1, 0.15) is 5.75 Å². The maximum atomic E-state index is 9.36. The highest BCUT2D eigenvalue weighted by Gasteiger charge is 2.51. The summed E-state index contributed by atoms with van der Waals surface area (Å²) in [6.07, 6.45) is 1.99. The molecule has 1 aromatic carbocycles. The van der Waals surface area contributed by atoms with Crippen molar-refractivity contribution in [2.24, 2.45) is 17.6 Å². The molecule has 1 aliphatic carbocycles. The van der Waals surface area contributed by atoms with E-state index in [4.69, 9.17) is 5.73 Å². The third-order valence-electron chi connectivity index (χ3n) is 3.43.